The van der Waals surface area contributed by atoms with Crippen LogP contribution < -0.4 is 10.1 Å². The minimum atomic E-state index is -0.275. The van der Waals surface area contributed by atoms with Crippen LogP contribution in [0.4, 0.5) is 0 Å². The molecule has 1 aromatic heterocycles. The number of rotatable bonds is 6. The molecule has 4 aliphatic carbocycles. The van der Waals surface area contributed by atoms with E-state index in [1.54, 1.807) is 11.8 Å². The Balaban J connectivity index is 1.30. The molecule has 29 heavy (non-hydrogen) atoms. The van der Waals surface area contributed by atoms with Crippen molar-refractivity contribution in [2.45, 2.75) is 61.4 Å². The van der Waals surface area contributed by atoms with Crippen LogP contribution in [0.15, 0.2) is 29.4 Å². The molecule has 1 aromatic carbocycles. The number of nitrogens with one attached hydrogen (secondary N) is 1. The number of ether oxygens (including phenoxy) is 1. The van der Waals surface area contributed by atoms with Gasteiger partial charge in [0.25, 0.3) is 0 Å². The molecule has 1 heterocycles. The van der Waals surface area contributed by atoms with Crippen molar-refractivity contribution in [2.75, 3.05) is 7.11 Å². The lowest BCUT2D eigenvalue weighted by Crippen LogP contribution is -2.60. The fourth-order valence-electron chi connectivity index (χ4n) is 6.05. The standard InChI is InChI=1S/C21H27N5O2S/c1-13(19(27)22-21-10-14-7-15(11-21)9-16(8-14)12-21)29-20-23-24-25-26(20)17-5-3-4-6-18(17)28-2/h3-6,13-16H,7-12H2,1-2H3,(H,22,27)/t13-,14?,15?,16?,21?/m1/s1. The smallest absolute Gasteiger partial charge is 0.233 e. The average Bonchev–Trinajstić information content (AvgIpc) is 3.14. The molecule has 4 bridgehead atoms. The summed E-state index contributed by atoms with van der Waals surface area (Å²) in [5.74, 6) is 3.20. The number of methoxy groups -OCH3 is 1. The van der Waals surface area contributed by atoms with Gasteiger partial charge in [-0.2, -0.15) is 4.68 Å². The molecule has 8 heteroatoms. The predicted molar refractivity (Wildman–Crippen MR) is 110 cm³/mol. The zero-order valence-electron chi connectivity index (χ0n) is 16.9. The van der Waals surface area contributed by atoms with Gasteiger partial charge < -0.3 is 10.1 Å². The van der Waals surface area contributed by atoms with E-state index in [1.165, 1.54) is 31.0 Å². The predicted octanol–water partition coefficient (Wildman–Crippen LogP) is 3.24. The van der Waals surface area contributed by atoms with Crippen molar-refractivity contribution in [3.63, 3.8) is 0 Å². The number of aromatic nitrogens is 4. The average molecular weight is 414 g/mol. The summed E-state index contributed by atoms with van der Waals surface area (Å²) >= 11 is 1.39. The van der Waals surface area contributed by atoms with Crippen LogP contribution >= 0.6 is 11.8 Å². The number of amides is 1. The third kappa shape index (κ3) is 3.52. The Morgan fingerprint density at radius 2 is 1.86 bits per heavy atom. The van der Waals surface area contributed by atoms with Crippen molar-refractivity contribution in [3.8, 4) is 11.4 Å². The number of carbonyl (C=O) groups is 1. The molecule has 0 unspecified atom stereocenters. The van der Waals surface area contributed by atoms with E-state index in [4.69, 9.17) is 4.74 Å². The molecule has 0 radical (unpaired) electrons. The summed E-state index contributed by atoms with van der Waals surface area (Å²) in [5.41, 5.74) is 0.783. The van der Waals surface area contributed by atoms with Crippen LogP contribution in [-0.2, 0) is 4.79 Å². The molecular weight excluding hydrogens is 386 g/mol. The number of para-hydroxylation sites is 2. The summed E-state index contributed by atoms with van der Waals surface area (Å²) in [6, 6.07) is 7.59. The molecule has 1 N–H and O–H groups in total. The normalized spacial score (nSPS) is 30.9. The second kappa shape index (κ2) is 7.31. The Labute approximate surface area is 175 Å². The summed E-state index contributed by atoms with van der Waals surface area (Å²) in [4.78, 5) is 13.1. The molecule has 1 amide bonds. The molecule has 0 saturated heterocycles. The lowest BCUT2D eigenvalue weighted by atomic mass is 9.53. The number of benzene rings is 1. The summed E-state index contributed by atoms with van der Waals surface area (Å²) in [6.07, 6.45) is 7.57. The third-order valence-corrected chi connectivity index (χ3v) is 7.87. The van der Waals surface area contributed by atoms with Gasteiger partial charge in [0, 0.05) is 5.54 Å². The monoisotopic (exact) mass is 413 g/mol. The SMILES string of the molecule is COc1ccccc1-n1nnnc1S[C@H](C)C(=O)NC12CC3CC(CC(C3)C1)C2. The molecule has 0 aliphatic heterocycles. The first kappa shape index (κ1) is 18.9. The lowest BCUT2D eigenvalue weighted by molar-refractivity contribution is -0.126. The molecule has 4 fully saturated rings. The van der Waals surface area contributed by atoms with Crippen molar-refractivity contribution in [2.24, 2.45) is 17.8 Å². The number of thioether (sulfide) groups is 1. The molecule has 0 spiro atoms. The van der Waals surface area contributed by atoms with Crippen molar-refractivity contribution in [3.05, 3.63) is 24.3 Å². The number of nitrogens with zero attached hydrogens (tertiary/aromatic N) is 4. The fourth-order valence-corrected chi connectivity index (χ4v) is 6.85. The topological polar surface area (TPSA) is 81.9 Å². The summed E-state index contributed by atoms with van der Waals surface area (Å²) in [7, 11) is 1.62. The van der Waals surface area contributed by atoms with Crippen molar-refractivity contribution in [1.29, 1.82) is 0 Å². The molecule has 1 atom stereocenters. The molecule has 6 rings (SSSR count). The number of carbonyl (C=O) groups excluding carboxylic acids is 1. The number of tetrazole rings is 1. The quantitative estimate of drug-likeness (QED) is 0.732. The Morgan fingerprint density at radius 1 is 1.21 bits per heavy atom. The van der Waals surface area contributed by atoms with Gasteiger partial charge in [-0.1, -0.05) is 23.9 Å². The minimum Gasteiger partial charge on any atom is -0.494 e. The van der Waals surface area contributed by atoms with Gasteiger partial charge >= 0.3 is 0 Å². The molecule has 154 valence electrons. The Bertz CT molecular complexity index is 879. The van der Waals surface area contributed by atoms with E-state index in [2.05, 4.69) is 20.8 Å². The fraction of sp³-hybridized carbons (Fsp3) is 0.619. The largest absolute Gasteiger partial charge is 0.494 e. The van der Waals surface area contributed by atoms with Crippen molar-refractivity contribution >= 4 is 17.7 Å². The van der Waals surface area contributed by atoms with Gasteiger partial charge in [0.1, 0.15) is 11.4 Å². The highest BCUT2D eigenvalue weighted by Gasteiger charge is 2.51. The first-order valence-electron chi connectivity index (χ1n) is 10.5. The van der Waals surface area contributed by atoms with Gasteiger partial charge in [-0.05, 0) is 85.8 Å². The van der Waals surface area contributed by atoms with E-state index in [0.717, 1.165) is 42.7 Å². The highest BCUT2D eigenvalue weighted by atomic mass is 32.2. The first-order chi connectivity index (χ1) is 14.0. The zero-order chi connectivity index (χ0) is 20.0. The third-order valence-electron chi connectivity index (χ3n) is 6.83. The van der Waals surface area contributed by atoms with Crippen molar-refractivity contribution in [1.82, 2.24) is 25.5 Å². The van der Waals surface area contributed by atoms with E-state index in [1.807, 2.05) is 31.2 Å². The maximum absolute atomic E-state index is 13.1. The van der Waals surface area contributed by atoms with Gasteiger partial charge in [-0.3, -0.25) is 4.79 Å². The summed E-state index contributed by atoms with van der Waals surface area (Å²) in [6.45, 7) is 1.93. The molecule has 4 saturated carbocycles. The van der Waals surface area contributed by atoms with Crippen molar-refractivity contribution < 1.29 is 9.53 Å². The van der Waals surface area contributed by atoms with Gasteiger partial charge in [0.2, 0.25) is 11.1 Å². The van der Waals surface area contributed by atoms with E-state index in [-0.39, 0.29) is 16.7 Å². The van der Waals surface area contributed by atoms with Crippen LogP contribution in [0.3, 0.4) is 0 Å². The molecule has 7 nitrogen and oxygen atoms in total. The van der Waals surface area contributed by atoms with Crippen LogP contribution in [0.1, 0.15) is 45.4 Å². The Morgan fingerprint density at radius 3 is 2.52 bits per heavy atom. The minimum absolute atomic E-state index is 0.0230. The second-order valence-electron chi connectivity index (χ2n) is 8.99. The Hall–Kier alpha value is -2.09. The van der Waals surface area contributed by atoms with Crippen LogP contribution in [0, 0.1) is 17.8 Å². The maximum atomic E-state index is 13.1. The zero-order valence-corrected chi connectivity index (χ0v) is 17.7. The lowest BCUT2D eigenvalue weighted by Gasteiger charge is -2.57. The van der Waals surface area contributed by atoms with Crippen LogP contribution in [0.2, 0.25) is 0 Å². The Kier molecular flexibility index (Phi) is 4.76. The highest BCUT2D eigenvalue weighted by Crippen LogP contribution is 2.55. The van der Waals surface area contributed by atoms with Crippen LogP contribution in [0.25, 0.3) is 5.69 Å². The van der Waals surface area contributed by atoms with Crippen LogP contribution in [-0.4, -0.2) is 44.0 Å². The summed E-state index contributed by atoms with van der Waals surface area (Å²) in [5, 5.41) is 15.8. The van der Waals surface area contributed by atoms with Crippen LogP contribution in [0.5, 0.6) is 5.75 Å². The van der Waals surface area contributed by atoms with Gasteiger partial charge in [0.05, 0.1) is 12.4 Å². The highest BCUT2D eigenvalue weighted by molar-refractivity contribution is 8.00. The van der Waals surface area contributed by atoms with Gasteiger partial charge in [0.15, 0.2) is 0 Å². The van der Waals surface area contributed by atoms with E-state index >= 15 is 0 Å². The van der Waals surface area contributed by atoms with E-state index in [9.17, 15) is 4.79 Å². The maximum Gasteiger partial charge on any atom is 0.233 e. The molecule has 4 aliphatic rings. The second-order valence-corrected chi connectivity index (χ2v) is 10.3. The number of hydrogen-bond donors (Lipinski definition) is 1. The molecular formula is C21H27N5O2S. The van der Waals surface area contributed by atoms with Gasteiger partial charge in [-0.15, -0.1) is 5.10 Å². The summed E-state index contributed by atoms with van der Waals surface area (Å²) < 4.78 is 7.07. The van der Waals surface area contributed by atoms with Gasteiger partial charge in [-0.25, -0.2) is 0 Å². The number of hydrogen-bond acceptors (Lipinski definition) is 6. The van der Waals surface area contributed by atoms with E-state index in [0.29, 0.717) is 10.9 Å². The van der Waals surface area contributed by atoms with E-state index < -0.39 is 0 Å². The first-order valence-corrected chi connectivity index (χ1v) is 11.3. The molecule has 2 aromatic rings.